The minimum absolute atomic E-state index is 0.115. The van der Waals surface area contributed by atoms with Crippen molar-refractivity contribution in [1.29, 1.82) is 0 Å². The number of nitro groups is 1. The predicted octanol–water partition coefficient (Wildman–Crippen LogP) is 3.94. The van der Waals surface area contributed by atoms with Gasteiger partial charge in [-0.15, -0.1) is 0 Å². The van der Waals surface area contributed by atoms with Gasteiger partial charge in [0, 0.05) is 41.9 Å². The highest BCUT2D eigenvalue weighted by Crippen LogP contribution is 2.37. The fraction of sp³-hybridized carbons (Fsp3) is 0.263. The Labute approximate surface area is 149 Å². The van der Waals surface area contributed by atoms with Crippen LogP contribution in [0.5, 0.6) is 0 Å². The molecule has 0 amide bonds. The number of hydrogen-bond donors (Lipinski definition) is 0. The Balaban J connectivity index is 1.98. The molecule has 0 fully saturated rings. The molecule has 3 aromatic rings. The smallest absolute Gasteiger partial charge is 0.331 e. The predicted molar refractivity (Wildman–Crippen MR) is 98.4 cm³/mol. The van der Waals surface area contributed by atoms with Gasteiger partial charge in [-0.3, -0.25) is 10.1 Å². The first-order valence-electron chi connectivity index (χ1n) is 8.41. The van der Waals surface area contributed by atoms with E-state index in [0.717, 1.165) is 52.3 Å². The fourth-order valence-electron chi connectivity index (χ4n) is 3.68. The van der Waals surface area contributed by atoms with Crippen molar-refractivity contribution >= 4 is 39.2 Å². The number of fused-ring (bicyclic) bond motifs is 3. The molecule has 2 aromatic carbocycles. The highest BCUT2D eigenvalue weighted by atomic mass is 16.7. The average Bonchev–Trinajstić information content (AvgIpc) is 2.94. The van der Waals surface area contributed by atoms with Crippen LogP contribution in [0.3, 0.4) is 0 Å². The Morgan fingerprint density at radius 2 is 2.04 bits per heavy atom. The van der Waals surface area contributed by atoms with Crippen LogP contribution in [0.15, 0.2) is 35.5 Å². The molecule has 0 atom stereocenters. The number of benzene rings is 2. The van der Waals surface area contributed by atoms with Gasteiger partial charge < -0.3 is 9.40 Å². The number of aryl methyl sites for hydroxylation is 2. The van der Waals surface area contributed by atoms with Gasteiger partial charge in [0.05, 0.1) is 16.2 Å². The molecule has 26 heavy (non-hydrogen) atoms. The largest absolute Gasteiger partial charge is 0.340 e. The van der Waals surface area contributed by atoms with Gasteiger partial charge in [-0.2, -0.15) is 0 Å². The molecule has 7 nitrogen and oxygen atoms in total. The summed E-state index contributed by atoms with van der Waals surface area (Å²) >= 11 is 0. The molecule has 0 spiro atoms. The first-order chi connectivity index (χ1) is 12.5. The van der Waals surface area contributed by atoms with Crippen molar-refractivity contribution in [3.63, 3.8) is 0 Å². The van der Waals surface area contributed by atoms with Crippen molar-refractivity contribution in [3.05, 3.63) is 51.6 Å². The second-order valence-corrected chi connectivity index (χ2v) is 6.50. The van der Waals surface area contributed by atoms with E-state index in [4.69, 9.17) is 4.84 Å². The summed E-state index contributed by atoms with van der Waals surface area (Å²) in [5.41, 5.74) is 4.63. The summed E-state index contributed by atoms with van der Waals surface area (Å²) in [5.74, 6) is -0.479. The van der Waals surface area contributed by atoms with Crippen LogP contribution in [0.25, 0.3) is 21.8 Å². The summed E-state index contributed by atoms with van der Waals surface area (Å²) in [4.78, 5) is 26.7. The molecule has 132 valence electrons. The van der Waals surface area contributed by atoms with Crippen LogP contribution in [-0.4, -0.2) is 21.2 Å². The lowest BCUT2D eigenvalue weighted by atomic mass is 10.0. The van der Waals surface area contributed by atoms with Gasteiger partial charge in [0.2, 0.25) is 0 Å². The van der Waals surface area contributed by atoms with E-state index in [1.807, 2.05) is 18.2 Å². The number of carbonyl (C=O) groups excluding carboxylic acids is 1. The lowest BCUT2D eigenvalue weighted by Crippen LogP contribution is -2.07. The van der Waals surface area contributed by atoms with Crippen molar-refractivity contribution in [1.82, 2.24) is 4.57 Å². The summed E-state index contributed by atoms with van der Waals surface area (Å²) in [6.45, 7) is 3.95. The zero-order chi connectivity index (χ0) is 18.4. The molecule has 0 N–H and O–H groups in total. The number of hydrogen-bond acceptors (Lipinski definition) is 5. The maximum Gasteiger partial charge on any atom is 0.331 e. The number of carbonyl (C=O) groups is 1. The monoisotopic (exact) mass is 351 g/mol. The van der Waals surface area contributed by atoms with E-state index in [-0.39, 0.29) is 10.6 Å². The summed E-state index contributed by atoms with van der Waals surface area (Å²) in [6, 6.07) is 9.21. The topological polar surface area (TPSA) is 86.7 Å². The van der Waals surface area contributed by atoms with Crippen molar-refractivity contribution < 1.29 is 14.6 Å². The van der Waals surface area contributed by atoms with E-state index in [0.29, 0.717) is 5.71 Å². The molecular formula is C19H17N3O4. The van der Waals surface area contributed by atoms with Gasteiger partial charge in [-0.1, -0.05) is 11.2 Å². The summed E-state index contributed by atoms with van der Waals surface area (Å²) in [7, 11) is 0. The molecule has 0 radical (unpaired) electrons. The van der Waals surface area contributed by atoms with Gasteiger partial charge in [-0.25, -0.2) is 4.79 Å². The van der Waals surface area contributed by atoms with Crippen LogP contribution in [0, 0.1) is 10.1 Å². The number of non-ortho nitro benzene ring substituents is 1. The SMILES string of the molecule is CC(=O)O/N=C(\C)c1ccc2c(c1)c1cc([N+](=O)[O-])cc3c1n2CCC3. The lowest BCUT2D eigenvalue weighted by molar-refractivity contribution is -0.384. The van der Waals surface area contributed by atoms with Crippen LogP contribution >= 0.6 is 0 Å². The number of nitro benzene ring substituents is 1. The number of oxime groups is 1. The Kier molecular flexibility index (Phi) is 3.72. The van der Waals surface area contributed by atoms with Crippen LogP contribution in [-0.2, 0) is 22.6 Å². The molecule has 4 rings (SSSR count). The zero-order valence-corrected chi connectivity index (χ0v) is 14.5. The van der Waals surface area contributed by atoms with E-state index in [1.54, 1.807) is 19.1 Å². The van der Waals surface area contributed by atoms with Crippen LogP contribution in [0.1, 0.15) is 31.4 Å². The van der Waals surface area contributed by atoms with E-state index in [9.17, 15) is 14.9 Å². The molecule has 0 aliphatic carbocycles. The second kappa shape index (κ2) is 5.94. The number of rotatable bonds is 3. The molecule has 0 saturated heterocycles. The molecule has 0 unspecified atom stereocenters. The molecular weight excluding hydrogens is 334 g/mol. The molecule has 1 aliphatic heterocycles. The van der Waals surface area contributed by atoms with Crippen LogP contribution in [0.4, 0.5) is 5.69 Å². The Morgan fingerprint density at radius 3 is 2.77 bits per heavy atom. The molecule has 2 heterocycles. The molecule has 1 aromatic heterocycles. The van der Waals surface area contributed by atoms with Crippen molar-refractivity contribution in [2.75, 3.05) is 0 Å². The third-order valence-electron chi connectivity index (χ3n) is 4.79. The lowest BCUT2D eigenvalue weighted by Gasteiger charge is -2.16. The third-order valence-corrected chi connectivity index (χ3v) is 4.79. The number of nitrogens with zero attached hydrogens (tertiary/aromatic N) is 3. The minimum atomic E-state index is -0.479. The second-order valence-electron chi connectivity index (χ2n) is 6.50. The highest BCUT2D eigenvalue weighted by Gasteiger charge is 2.22. The Morgan fingerprint density at radius 1 is 1.23 bits per heavy atom. The van der Waals surface area contributed by atoms with E-state index in [2.05, 4.69) is 9.72 Å². The third kappa shape index (κ3) is 2.52. The van der Waals surface area contributed by atoms with Crippen molar-refractivity contribution in [2.24, 2.45) is 5.16 Å². The van der Waals surface area contributed by atoms with E-state index in [1.165, 1.54) is 6.92 Å². The minimum Gasteiger partial charge on any atom is -0.340 e. The maximum absolute atomic E-state index is 11.3. The van der Waals surface area contributed by atoms with Gasteiger partial charge >= 0.3 is 5.97 Å². The summed E-state index contributed by atoms with van der Waals surface area (Å²) in [5, 5.41) is 17.0. The molecule has 1 aliphatic rings. The maximum atomic E-state index is 11.3. The highest BCUT2D eigenvalue weighted by molar-refractivity contribution is 6.13. The Bertz CT molecular complexity index is 1110. The first kappa shape index (κ1) is 16.3. The quantitative estimate of drug-likeness (QED) is 0.309. The van der Waals surface area contributed by atoms with E-state index < -0.39 is 5.97 Å². The summed E-state index contributed by atoms with van der Waals surface area (Å²) in [6.07, 6.45) is 1.80. The van der Waals surface area contributed by atoms with Crippen LogP contribution in [0.2, 0.25) is 0 Å². The van der Waals surface area contributed by atoms with Gasteiger partial charge in [0.25, 0.3) is 5.69 Å². The molecule has 0 bridgehead atoms. The van der Waals surface area contributed by atoms with Crippen molar-refractivity contribution in [2.45, 2.75) is 33.2 Å². The number of aromatic nitrogens is 1. The molecule has 0 saturated carbocycles. The van der Waals surface area contributed by atoms with E-state index >= 15 is 0 Å². The Hall–Kier alpha value is -3.22. The average molecular weight is 351 g/mol. The zero-order valence-electron chi connectivity index (χ0n) is 14.5. The summed E-state index contributed by atoms with van der Waals surface area (Å²) < 4.78 is 2.23. The van der Waals surface area contributed by atoms with Crippen LogP contribution < -0.4 is 0 Å². The normalized spacial score (nSPS) is 14.0. The standard InChI is InChI=1S/C19H17N3O4/c1-11(20-26-12(2)23)13-5-6-18-16(9-13)17-10-15(22(24)25)8-14-4-3-7-21(18)19(14)17/h5-6,8-10H,3-4,7H2,1-2H3/b20-11+. The fourth-order valence-corrected chi connectivity index (χ4v) is 3.68. The van der Waals surface area contributed by atoms with Gasteiger partial charge in [-0.05, 0) is 43.0 Å². The van der Waals surface area contributed by atoms with Gasteiger partial charge in [0.1, 0.15) is 0 Å². The first-order valence-corrected chi connectivity index (χ1v) is 8.41. The van der Waals surface area contributed by atoms with Crippen molar-refractivity contribution in [3.8, 4) is 0 Å². The molecule has 7 heteroatoms. The van der Waals surface area contributed by atoms with Gasteiger partial charge in [0.15, 0.2) is 0 Å².